The number of rotatable bonds is 8. The fourth-order valence-electron chi connectivity index (χ4n) is 4.40. The molecule has 2 rings (SSSR count). The van der Waals surface area contributed by atoms with Gasteiger partial charge in [0, 0.05) is 18.7 Å². The highest BCUT2D eigenvalue weighted by Gasteiger charge is 2.32. The van der Waals surface area contributed by atoms with Crippen LogP contribution < -0.4 is 10.6 Å². The first kappa shape index (κ1) is 17.2. The number of nitrogens with one attached hydrogen (secondary N) is 2. The molecule has 0 amide bonds. The summed E-state index contributed by atoms with van der Waals surface area (Å²) in [6.07, 6.45) is 13.1. The second-order valence-corrected chi connectivity index (χ2v) is 7.19. The largest absolute Gasteiger partial charge is 0.396 e. The predicted octanol–water partition coefficient (Wildman–Crippen LogP) is 3.08. The minimum atomic E-state index is 0.338. The Kier molecular flexibility index (Phi) is 8.05. The van der Waals surface area contributed by atoms with Crippen molar-refractivity contribution in [3.63, 3.8) is 0 Å². The maximum atomic E-state index is 9.22. The van der Waals surface area contributed by atoms with Crippen molar-refractivity contribution in [1.82, 2.24) is 10.6 Å². The van der Waals surface area contributed by atoms with Crippen molar-refractivity contribution in [2.24, 2.45) is 11.8 Å². The van der Waals surface area contributed by atoms with E-state index in [4.69, 9.17) is 0 Å². The molecular weight excluding hydrogens is 260 g/mol. The maximum absolute atomic E-state index is 9.22. The van der Waals surface area contributed by atoms with Crippen LogP contribution in [0.15, 0.2) is 0 Å². The summed E-state index contributed by atoms with van der Waals surface area (Å²) in [6, 6.07) is 1.45. The van der Waals surface area contributed by atoms with E-state index in [9.17, 15) is 5.11 Å². The molecular formula is C18H36N2O. The molecule has 0 aromatic carbocycles. The molecule has 1 saturated heterocycles. The van der Waals surface area contributed by atoms with Crippen molar-refractivity contribution in [2.45, 2.75) is 83.2 Å². The van der Waals surface area contributed by atoms with Gasteiger partial charge in [-0.2, -0.15) is 0 Å². The predicted molar refractivity (Wildman–Crippen MR) is 89.5 cm³/mol. The zero-order valence-electron chi connectivity index (χ0n) is 13.9. The number of aliphatic hydroxyl groups is 1. The van der Waals surface area contributed by atoms with Crippen molar-refractivity contribution in [1.29, 1.82) is 0 Å². The van der Waals surface area contributed by atoms with Crippen LogP contribution in [0.4, 0.5) is 0 Å². The van der Waals surface area contributed by atoms with Gasteiger partial charge in [0.1, 0.15) is 0 Å². The van der Waals surface area contributed by atoms with Crippen molar-refractivity contribution < 1.29 is 5.11 Å². The molecule has 3 N–H and O–H groups in total. The lowest BCUT2D eigenvalue weighted by Gasteiger charge is -2.40. The Morgan fingerprint density at radius 3 is 2.62 bits per heavy atom. The molecule has 2 aliphatic rings. The molecule has 0 spiro atoms. The normalized spacial score (nSPS) is 32.0. The van der Waals surface area contributed by atoms with E-state index in [1.54, 1.807) is 0 Å². The van der Waals surface area contributed by atoms with Gasteiger partial charge in [-0.15, -0.1) is 0 Å². The summed E-state index contributed by atoms with van der Waals surface area (Å²) in [5.41, 5.74) is 0. The second-order valence-electron chi connectivity index (χ2n) is 7.19. The molecule has 21 heavy (non-hydrogen) atoms. The fourth-order valence-corrected chi connectivity index (χ4v) is 4.40. The van der Waals surface area contributed by atoms with Gasteiger partial charge in [-0.25, -0.2) is 0 Å². The topological polar surface area (TPSA) is 44.3 Å². The summed E-state index contributed by atoms with van der Waals surface area (Å²) in [5.74, 6) is 1.48. The van der Waals surface area contributed by atoms with Gasteiger partial charge < -0.3 is 15.7 Å². The number of aliphatic hydroxyl groups excluding tert-OH is 1. The molecule has 0 aromatic heterocycles. The van der Waals surface area contributed by atoms with E-state index in [-0.39, 0.29) is 0 Å². The number of piperidine rings is 1. The van der Waals surface area contributed by atoms with Crippen LogP contribution in [0.1, 0.15) is 71.1 Å². The monoisotopic (exact) mass is 296 g/mol. The SMILES string of the molecule is CCCC(CCO)CNC1CCCCC1C1CCCCN1. The van der Waals surface area contributed by atoms with E-state index in [1.165, 1.54) is 64.3 Å². The summed E-state index contributed by atoms with van der Waals surface area (Å²) < 4.78 is 0. The molecule has 1 aliphatic heterocycles. The molecule has 3 nitrogen and oxygen atoms in total. The molecule has 124 valence electrons. The third-order valence-electron chi connectivity index (χ3n) is 5.59. The lowest BCUT2D eigenvalue weighted by molar-refractivity contribution is 0.171. The zero-order chi connectivity index (χ0) is 14.9. The van der Waals surface area contributed by atoms with Crippen LogP contribution in [0, 0.1) is 11.8 Å². The molecule has 1 saturated carbocycles. The van der Waals surface area contributed by atoms with Gasteiger partial charge in [-0.05, 0) is 63.5 Å². The first-order chi connectivity index (χ1) is 10.3. The third-order valence-corrected chi connectivity index (χ3v) is 5.59. The highest BCUT2D eigenvalue weighted by Crippen LogP contribution is 2.30. The summed E-state index contributed by atoms with van der Waals surface area (Å²) in [7, 11) is 0. The minimum Gasteiger partial charge on any atom is -0.396 e. The van der Waals surface area contributed by atoms with Crippen LogP contribution in [-0.4, -0.2) is 36.9 Å². The summed E-state index contributed by atoms with van der Waals surface area (Å²) in [5, 5.41) is 16.9. The van der Waals surface area contributed by atoms with E-state index < -0.39 is 0 Å². The molecule has 0 radical (unpaired) electrons. The summed E-state index contributed by atoms with van der Waals surface area (Å²) in [6.45, 7) is 4.91. The standard InChI is InChI=1S/C18H36N2O/c1-2-7-15(11-13-21)14-20-18-9-4-3-8-16(18)17-10-5-6-12-19-17/h15-21H,2-14H2,1H3. The highest BCUT2D eigenvalue weighted by atomic mass is 16.3. The van der Waals surface area contributed by atoms with E-state index >= 15 is 0 Å². The van der Waals surface area contributed by atoms with E-state index in [1.807, 2.05) is 0 Å². The number of hydrogen-bond acceptors (Lipinski definition) is 3. The van der Waals surface area contributed by atoms with Gasteiger partial charge in [0.25, 0.3) is 0 Å². The van der Waals surface area contributed by atoms with E-state index in [2.05, 4.69) is 17.6 Å². The van der Waals surface area contributed by atoms with Crippen LogP contribution in [0.3, 0.4) is 0 Å². The minimum absolute atomic E-state index is 0.338. The summed E-state index contributed by atoms with van der Waals surface area (Å²) >= 11 is 0. The molecule has 0 aromatic rings. The van der Waals surface area contributed by atoms with E-state index in [0.717, 1.165) is 24.9 Å². The average molecular weight is 296 g/mol. The Balaban J connectivity index is 1.82. The van der Waals surface area contributed by atoms with Crippen LogP contribution in [-0.2, 0) is 0 Å². The fraction of sp³-hybridized carbons (Fsp3) is 1.00. The molecule has 0 bridgehead atoms. The highest BCUT2D eigenvalue weighted by molar-refractivity contribution is 4.90. The Morgan fingerprint density at radius 1 is 1.10 bits per heavy atom. The molecule has 1 aliphatic carbocycles. The van der Waals surface area contributed by atoms with Gasteiger partial charge in [-0.3, -0.25) is 0 Å². The maximum Gasteiger partial charge on any atom is 0.0434 e. The van der Waals surface area contributed by atoms with Crippen molar-refractivity contribution in [3.8, 4) is 0 Å². The van der Waals surface area contributed by atoms with Gasteiger partial charge in [0.2, 0.25) is 0 Å². The lowest BCUT2D eigenvalue weighted by Crippen LogP contribution is -2.51. The lowest BCUT2D eigenvalue weighted by atomic mass is 9.77. The van der Waals surface area contributed by atoms with Gasteiger partial charge in [0.05, 0.1) is 0 Å². The van der Waals surface area contributed by atoms with Crippen LogP contribution in [0.25, 0.3) is 0 Å². The Morgan fingerprint density at radius 2 is 1.90 bits per heavy atom. The number of hydrogen-bond donors (Lipinski definition) is 3. The Hall–Kier alpha value is -0.120. The van der Waals surface area contributed by atoms with Crippen LogP contribution in [0.2, 0.25) is 0 Å². The Bertz CT molecular complexity index is 260. The van der Waals surface area contributed by atoms with Gasteiger partial charge in [0.15, 0.2) is 0 Å². The van der Waals surface area contributed by atoms with Crippen molar-refractivity contribution in [3.05, 3.63) is 0 Å². The average Bonchev–Trinajstić information content (AvgIpc) is 2.54. The zero-order valence-corrected chi connectivity index (χ0v) is 13.9. The second kappa shape index (κ2) is 9.81. The van der Waals surface area contributed by atoms with Gasteiger partial charge >= 0.3 is 0 Å². The van der Waals surface area contributed by atoms with Gasteiger partial charge in [-0.1, -0.05) is 32.6 Å². The van der Waals surface area contributed by atoms with E-state index in [0.29, 0.717) is 18.6 Å². The quantitative estimate of drug-likeness (QED) is 0.645. The molecule has 1 heterocycles. The smallest absolute Gasteiger partial charge is 0.0434 e. The summed E-state index contributed by atoms with van der Waals surface area (Å²) in [4.78, 5) is 0. The molecule has 3 heteroatoms. The van der Waals surface area contributed by atoms with Crippen molar-refractivity contribution in [2.75, 3.05) is 19.7 Å². The van der Waals surface area contributed by atoms with Crippen LogP contribution in [0.5, 0.6) is 0 Å². The molecule has 4 atom stereocenters. The van der Waals surface area contributed by atoms with Crippen molar-refractivity contribution >= 4 is 0 Å². The molecule has 2 fully saturated rings. The third kappa shape index (κ3) is 5.54. The molecule has 4 unspecified atom stereocenters. The first-order valence-corrected chi connectivity index (χ1v) is 9.42. The van der Waals surface area contributed by atoms with Crippen LogP contribution >= 0.6 is 0 Å². The Labute approximate surface area is 131 Å². The first-order valence-electron chi connectivity index (χ1n) is 9.42.